The van der Waals surface area contributed by atoms with Gasteiger partial charge in [0, 0.05) is 5.02 Å². The predicted molar refractivity (Wildman–Crippen MR) is 102 cm³/mol. The number of benzene rings is 2. The van der Waals surface area contributed by atoms with Crippen molar-refractivity contribution >= 4 is 11.6 Å². The van der Waals surface area contributed by atoms with Crippen molar-refractivity contribution in [1.82, 2.24) is 0 Å². The molecule has 0 aromatic heterocycles. The van der Waals surface area contributed by atoms with E-state index >= 15 is 0 Å². The van der Waals surface area contributed by atoms with Gasteiger partial charge in [-0.2, -0.15) is 0 Å². The molecule has 0 bridgehead atoms. The molecule has 1 fully saturated rings. The van der Waals surface area contributed by atoms with Crippen LogP contribution in [0.15, 0.2) is 60.7 Å². The van der Waals surface area contributed by atoms with Crippen molar-refractivity contribution in [3.8, 4) is 11.1 Å². The molecule has 2 aromatic carbocycles. The van der Waals surface area contributed by atoms with Gasteiger partial charge < -0.3 is 5.11 Å². The van der Waals surface area contributed by atoms with Gasteiger partial charge in [0.25, 0.3) is 0 Å². The summed E-state index contributed by atoms with van der Waals surface area (Å²) >= 11 is 6.03. The number of rotatable bonds is 3. The van der Waals surface area contributed by atoms with E-state index in [-0.39, 0.29) is 5.92 Å². The van der Waals surface area contributed by atoms with Gasteiger partial charge in [-0.05, 0) is 59.1 Å². The van der Waals surface area contributed by atoms with E-state index in [1.807, 2.05) is 42.5 Å². The minimum Gasteiger partial charge on any atom is -0.380 e. The molecule has 0 spiro atoms. The van der Waals surface area contributed by atoms with Crippen LogP contribution in [0.4, 0.5) is 0 Å². The highest BCUT2D eigenvalue weighted by atomic mass is 35.5. The Morgan fingerprint density at radius 3 is 2.46 bits per heavy atom. The second-order valence-corrected chi connectivity index (χ2v) is 7.47. The van der Waals surface area contributed by atoms with Gasteiger partial charge in [0.2, 0.25) is 0 Å². The molecule has 3 rings (SSSR count). The van der Waals surface area contributed by atoms with E-state index in [0.717, 1.165) is 46.5 Å². The molecule has 1 aliphatic rings. The average Bonchev–Trinajstić information content (AvgIpc) is 2.60. The third-order valence-electron chi connectivity index (χ3n) is 5.54. The summed E-state index contributed by atoms with van der Waals surface area (Å²) in [4.78, 5) is 0. The molecule has 0 saturated heterocycles. The Morgan fingerprint density at radius 1 is 1.17 bits per heavy atom. The highest BCUT2D eigenvalue weighted by molar-refractivity contribution is 6.30. The van der Waals surface area contributed by atoms with Gasteiger partial charge in [-0.15, -0.1) is 0 Å². The molecule has 3 atom stereocenters. The summed E-state index contributed by atoms with van der Waals surface area (Å²) in [5.74, 6) is 0.771. The molecule has 0 aliphatic heterocycles. The summed E-state index contributed by atoms with van der Waals surface area (Å²) in [7, 11) is 0. The first-order valence-electron chi connectivity index (χ1n) is 8.72. The first-order chi connectivity index (χ1) is 11.5. The lowest BCUT2D eigenvalue weighted by atomic mass is 9.64. The summed E-state index contributed by atoms with van der Waals surface area (Å²) in [5, 5.41) is 12.4. The lowest BCUT2D eigenvalue weighted by molar-refractivity contribution is -0.0128. The van der Waals surface area contributed by atoms with Crippen molar-refractivity contribution in [1.29, 1.82) is 0 Å². The van der Waals surface area contributed by atoms with E-state index in [0.29, 0.717) is 5.92 Å². The molecule has 3 unspecified atom stereocenters. The highest BCUT2D eigenvalue weighted by Crippen LogP contribution is 2.49. The third-order valence-corrected chi connectivity index (χ3v) is 5.80. The summed E-state index contributed by atoms with van der Waals surface area (Å²) < 4.78 is 0. The van der Waals surface area contributed by atoms with Crippen molar-refractivity contribution in [2.45, 2.75) is 38.7 Å². The zero-order valence-electron chi connectivity index (χ0n) is 14.4. The van der Waals surface area contributed by atoms with E-state index < -0.39 is 5.60 Å². The maximum Gasteiger partial charge on any atom is 0.114 e. The molecule has 1 N–H and O–H groups in total. The minimum atomic E-state index is -0.970. The van der Waals surface area contributed by atoms with Crippen molar-refractivity contribution in [3.63, 3.8) is 0 Å². The van der Waals surface area contributed by atoms with Gasteiger partial charge in [0.1, 0.15) is 5.60 Å². The van der Waals surface area contributed by atoms with Crippen molar-refractivity contribution < 1.29 is 5.11 Å². The minimum absolute atomic E-state index is 0.150. The van der Waals surface area contributed by atoms with Gasteiger partial charge in [-0.25, -0.2) is 0 Å². The molecular formula is C22H25ClO. The van der Waals surface area contributed by atoms with Crippen LogP contribution in [-0.2, 0) is 5.60 Å². The topological polar surface area (TPSA) is 20.2 Å². The van der Waals surface area contributed by atoms with Gasteiger partial charge >= 0.3 is 0 Å². The molecule has 2 aromatic rings. The van der Waals surface area contributed by atoms with Crippen LogP contribution in [0.5, 0.6) is 0 Å². The van der Waals surface area contributed by atoms with Crippen LogP contribution in [0.25, 0.3) is 11.1 Å². The Labute approximate surface area is 150 Å². The van der Waals surface area contributed by atoms with Crippen molar-refractivity contribution in [2.75, 3.05) is 0 Å². The molecule has 0 amide bonds. The van der Waals surface area contributed by atoms with Crippen LogP contribution in [-0.4, -0.2) is 5.11 Å². The van der Waals surface area contributed by atoms with Crippen LogP contribution in [0.3, 0.4) is 0 Å². The van der Waals surface area contributed by atoms with Crippen LogP contribution in [0.2, 0.25) is 5.02 Å². The van der Waals surface area contributed by atoms with Crippen LogP contribution < -0.4 is 0 Å². The number of hydrogen-bond donors (Lipinski definition) is 1. The fourth-order valence-corrected chi connectivity index (χ4v) is 4.20. The second-order valence-electron chi connectivity index (χ2n) is 7.04. The predicted octanol–water partition coefficient (Wildman–Crippen LogP) is 6.21. The second kappa shape index (κ2) is 6.74. The number of aliphatic hydroxyl groups is 1. The summed E-state index contributed by atoms with van der Waals surface area (Å²) in [6.07, 6.45) is 3.06. The Morgan fingerprint density at radius 2 is 1.83 bits per heavy atom. The average molecular weight is 341 g/mol. The smallest absolute Gasteiger partial charge is 0.114 e. The Bertz CT molecular complexity index is 734. The van der Waals surface area contributed by atoms with E-state index in [1.165, 1.54) is 0 Å². The van der Waals surface area contributed by atoms with Gasteiger partial charge in [0.15, 0.2) is 0 Å². The number of halogens is 1. The van der Waals surface area contributed by atoms with E-state index in [9.17, 15) is 5.11 Å². The number of hydrogen-bond acceptors (Lipinski definition) is 1. The molecular weight excluding hydrogens is 316 g/mol. The zero-order valence-corrected chi connectivity index (χ0v) is 15.2. The molecule has 126 valence electrons. The van der Waals surface area contributed by atoms with E-state index in [1.54, 1.807) is 0 Å². The summed E-state index contributed by atoms with van der Waals surface area (Å²) in [5.41, 5.74) is 3.05. The fraction of sp³-hybridized carbons (Fsp3) is 0.364. The van der Waals surface area contributed by atoms with Gasteiger partial charge in [-0.3, -0.25) is 0 Å². The van der Waals surface area contributed by atoms with Crippen molar-refractivity contribution in [2.24, 2.45) is 11.8 Å². The lowest BCUT2D eigenvalue weighted by Gasteiger charge is -2.44. The Kier molecular flexibility index (Phi) is 4.85. The first-order valence-corrected chi connectivity index (χ1v) is 9.10. The molecule has 2 heteroatoms. The lowest BCUT2D eigenvalue weighted by Crippen LogP contribution is -2.41. The molecule has 24 heavy (non-hydrogen) atoms. The largest absolute Gasteiger partial charge is 0.380 e. The Hall–Kier alpha value is -1.57. The standard InChI is InChI=1S/C22H25ClO/c1-4-17-13-15(2)22(24,16(3)14-17)21-8-6-5-7-20(21)18-9-11-19(23)12-10-18/h5-12,16-17,24H,2,4,13-14H2,1,3H3. The molecule has 1 nitrogen and oxygen atoms in total. The van der Waals surface area contributed by atoms with Crippen LogP contribution in [0.1, 0.15) is 38.7 Å². The normalized spacial score (nSPS) is 27.2. The van der Waals surface area contributed by atoms with Gasteiger partial charge in [0.05, 0.1) is 0 Å². The molecule has 1 aliphatic carbocycles. The third kappa shape index (κ3) is 2.92. The zero-order chi connectivity index (χ0) is 17.3. The summed E-state index contributed by atoms with van der Waals surface area (Å²) in [6, 6.07) is 15.9. The first kappa shape index (κ1) is 17.3. The van der Waals surface area contributed by atoms with E-state index in [2.05, 4.69) is 26.5 Å². The SMILES string of the molecule is C=C1CC(CC)CC(C)C1(O)c1ccccc1-c1ccc(Cl)cc1. The monoisotopic (exact) mass is 340 g/mol. The fourth-order valence-electron chi connectivity index (χ4n) is 4.07. The molecule has 0 radical (unpaired) electrons. The maximum absolute atomic E-state index is 11.7. The van der Waals surface area contributed by atoms with E-state index in [4.69, 9.17) is 11.6 Å². The quantitative estimate of drug-likeness (QED) is 0.659. The van der Waals surface area contributed by atoms with Crippen LogP contribution in [0, 0.1) is 11.8 Å². The van der Waals surface area contributed by atoms with Crippen LogP contribution >= 0.6 is 11.6 Å². The highest BCUT2D eigenvalue weighted by Gasteiger charge is 2.44. The van der Waals surface area contributed by atoms with Gasteiger partial charge in [-0.1, -0.05) is 74.8 Å². The van der Waals surface area contributed by atoms with Crippen molar-refractivity contribution in [3.05, 3.63) is 71.3 Å². The molecule has 0 heterocycles. The summed E-state index contributed by atoms with van der Waals surface area (Å²) in [6.45, 7) is 8.63. The maximum atomic E-state index is 11.7. The molecule has 1 saturated carbocycles. The Balaban J connectivity index is 2.09.